The molecule has 2 aromatic heterocycles. The predicted octanol–water partition coefficient (Wildman–Crippen LogP) is 1.95. The number of aromatic hydroxyl groups is 1. The Morgan fingerprint density at radius 2 is 1.94 bits per heavy atom. The molecule has 1 saturated heterocycles. The monoisotopic (exact) mass is 465 g/mol. The summed E-state index contributed by atoms with van der Waals surface area (Å²) in [6.45, 7) is 8.86. The average Bonchev–Trinajstić information content (AvgIpc) is 3.22. The van der Waals surface area contributed by atoms with Gasteiger partial charge in [0.2, 0.25) is 5.43 Å². The van der Waals surface area contributed by atoms with Crippen LogP contribution in [0.2, 0.25) is 0 Å². The summed E-state index contributed by atoms with van der Waals surface area (Å²) in [7, 11) is 2.22. The number of piperazine rings is 1. The zero-order valence-corrected chi connectivity index (χ0v) is 20.3. The molecule has 2 aromatic carbocycles. The molecule has 0 aliphatic carbocycles. The molecule has 0 saturated carbocycles. The van der Waals surface area contributed by atoms with Gasteiger partial charge < -0.3 is 19.3 Å². The molecule has 1 fully saturated rings. The largest absolute Gasteiger partial charge is 0.507 e. The van der Waals surface area contributed by atoms with Crippen molar-refractivity contribution in [2.75, 3.05) is 33.2 Å². The number of phenols is 1. The molecule has 0 unspecified atom stereocenters. The summed E-state index contributed by atoms with van der Waals surface area (Å²) in [6, 6.07) is 9.75. The van der Waals surface area contributed by atoms with Gasteiger partial charge in [-0.05, 0) is 37.1 Å². The first-order chi connectivity index (χ1) is 16.0. The summed E-state index contributed by atoms with van der Waals surface area (Å²) >= 11 is 1.51. The van der Waals surface area contributed by atoms with E-state index < -0.39 is 0 Å². The van der Waals surface area contributed by atoms with Gasteiger partial charge in [-0.2, -0.15) is 0 Å². The molecular weight excluding hydrogens is 434 g/mol. The van der Waals surface area contributed by atoms with Crippen LogP contribution in [0.3, 0.4) is 0 Å². The Morgan fingerprint density at radius 1 is 1.18 bits per heavy atom. The second-order valence-corrected chi connectivity index (χ2v) is 10.3. The Morgan fingerprint density at radius 3 is 2.67 bits per heavy atom. The Kier molecular flexibility index (Phi) is 5.95. The summed E-state index contributed by atoms with van der Waals surface area (Å²) in [6.07, 6.45) is 1.62. The maximum absolute atomic E-state index is 13.8. The molecule has 6 nitrogen and oxygen atoms in total. The number of quaternary nitrogens is 2. The summed E-state index contributed by atoms with van der Waals surface area (Å²) in [4.78, 5) is 21.5. The van der Waals surface area contributed by atoms with Crippen LogP contribution in [-0.2, 0) is 13.0 Å². The number of likely N-dealkylation sites (N-methyl/N-ethyl adjacent to an activating group) is 1. The third kappa shape index (κ3) is 4.05. The van der Waals surface area contributed by atoms with Crippen molar-refractivity contribution in [3.8, 4) is 16.3 Å². The Bertz CT molecular complexity index is 1350. The van der Waals surface area contributed by atoms with Crippen molar-refractivity contribution in [3.05, 3.63) is 57.4 Å². The lowest BCUT2D eigenvalue weighted by molar-refractivity contribution is -1.01. The number of hydrogen-bond donors (Lipinski definition) is 3. The van der Waals surface area contributed by atoms with E-state index in [2.05, 4.69) is 14.0 Å². The molecule has 5 rings (SSSR count). The average molecular weight is 466 g/mol. The van der Waals surface area contributed by atoms with E-state index in [4.69, 9.17) is 9.40 Å². The number of fused-ring (bicyclic) bond motifs is 2. The van der Waals surface area contributed by atoms with Crippen LogP contribution in [0.25, 0.3) is 31.8 Å². The van der Waals surface area contributed by atoms with Crippen LogP contribution in [0, 0.1) is 6.92 Å². The smallest absolute Gasteiger partial charge is 0.203 e. The van der Waals surface area contributed by atoms with Gasteiger partial charge in [-0.15, -0.1) is 11.3 Å². The van der Waals surface area contributed by atoms with E-state index >= 15 is 0 Å². The minimum Gasteiger partial charge on any atom is -0.507 e. The molecule has 4 aromatic rings. The van der Waals surface area contributed by atoms with Crippen LogP contribution in [0.1, 0.15) is 30.2 Å². The van der Waals surface area contributed by atoms with E-state index in [-0.39, 0.29) is 5.43 Å². The number of para-hydroxylation sites is 1. The lowest BCUT2D eigenvalue weighted by Crippen LogP contribution is -3.26. The number of rotatable bonds is 5. The van der Waals surface area contributed by atoms with Crippen LogP contribution in [0.15, 0.2) is 39.5 Å². The fourth-order valence-corrected chi connectivity index (χ4v) is 5.92. The lowest BCUT2D eigenvalue weighted by Gasteiger charge is -2.28. The molecule has 1 aliphatic rings. The van der Waals surface area contributed by atoms with Crippen molar-refractivity contribution in [1.82, 2.24) is 4.98 Å². The van der Waals surface area contributed by atoms with Gasteiger partial charge in [-0.1, -0.05) is 25.5 Å². The third-order valence-electron chi connectivity index (χ3n) is 6.77. The van der Waals surface area contributed by atoms with E-state index in [1.807, 2.05) is 37.3 Å². The maximum Gasteiger partial charge on any atom is 0.203 e. The molecule has 0 spiro atoms. The zero-order chi connectivity index (χ0) is 23.1. The van der Waals surface area contributed by atoms with Crippen LogP contribution in [0.5, 0.6) is 5.75 Å². The summed E-state index contributed by atoms with van der Waals surface area (Å²) < 4.78 is 7.37. The molecular formula is C26H31N3O3S+2. The van der Waals surface area contributed by atoms with E-state index in [0.29, 0.717) is 39.6 Å². The van der Waals surface area contributed by atoms with Crippen molar-refractivity contribution >= 4 is 32.5 Å². The maximum atomic E-state index is 13.8. The molecule has 0 radical (unpaired) electrons. The van der Waals surface area contributed by atoms with Crippen LogP contribution >= 0.6 is 11.3 Å². The molecule has 7 heteroatoms. The number of nitrogens with zero attached hydrogens (tertiary/aromatic N) is 1. The molecule has 3 N–H and O–H groups in total. The van der Waals surface area contributed by atoms with Crippen molar-refractivity contribution in [2.45, 2.75) is 33.2 Å². The number of nitrogens with one attached hydrogen (secondary N) is 2. The van der Waals surface area contributed by atoms with Crippen LogP contribution in [0.4, 0.5) is 0 Å². The Balaban J connectivity index is 1.68. The SMILES string of the molecule is CCCc1cc2c(=O)c(-c3nc4ccccc4s3)c(C)oc2c(C[NH+]2CC[NH+](C)CC2)c1O. The second-order valence-electron chi connectivity index (χ2n) is 9.22. The van der Waals surface area contributed by atoms with Gasteiger partial charge in [-0.25, -0.2) is 4.98 Å². The lowest BCUT2D eigenvalue weighted by atomic mass is 9.98. The van der Waals surface area contributed by atoms with Gasteiger partial charge >= 0.3 is 0 Å². The first-order valence-corrected chi connectivity index (χ1v) is 12.6. The number of phenolic OH excluding ortho intramolecular Hbond substituents is 1. The molecule has 0 atom stereocenters. The number of aromatic nitrogens is 1. The van der Waals surface area contributed by atoms with Gasteiger partial charge in [-0.3, -0.25) is 4.79 Å². The summed E-state index contributed by atoms with van der Waals surface area (Å²) in [5.74, 6) is 0.840. The number of hydrogen-bond acceptors (Lipinski definition) is 5. The number of aryl methyl sites for hydroxylation is 2. The van der Waals surface area contributed by atoms with E-state index in [1.54, 1.807) is 0 Å². The topological polar surface area (TPSA) is 72.2 Å². The van der Waals surface area contributed by atoms with Crippen LogP contribution in [-0.4, -0.2) is 43.3 Å². The molecule has 33 heavy (non-hydrogen) atoms. The normalized spacial score (nSPS) is 18.9. The highest BCUT2D eigenvalue weighted by atomic mass is 32.1. The van der Waals surface area contributed by atoms with E-state index in [0.717, 1.165) is 60.4 Å². The highest BCUT2D eigenvalue weighted by molar-refractivity contribution is 7.21. The highest BCUT2D eigenvalue weighted by Gasteiger charge is 2.27. The fraction of sp³-hybridized carbons (Fsp3) is 0.385. The van der Waals surface area contributed by atoms with Crippen molar-refractivity contribution in [2.24, 2.45) is 0 Å². The van der Waals surface area contributed by atoms with Gasteiger partial charge in [0.25, 0.3) is 0 Å². The van der Waals surface area contributed by atoms with Gasteiger partial charge in [0.15, 0.2) is 5.58 Å². The van der Waals surface area contributed by atoms with Gasteiger partial charge in [0, 0.05) is 0 Å². The highest BCUT2D eigenvalue weighted by Crippen LogP contribution is 2.35. The van der Waals surface area contributed by atoms with Crippen molar-refractivity contribution < 1.29 is 19.3 Å². The Hall–Kier alpha value is -2.74. The van der Waals surface area contributed by atoms with Gasteiger partial charge in [0.1, 0.15) is 49.2 Å². The minimum atomic E-state index is -0.0655. The summed E-state index contributed by atoms with van der Waals surface area (Å²) in [5.41, 5.74) is 3.46. The first-order valence-electron chi connectivity index (χ1n) is 11.8. The molecule has 0 amide bonds. The number of thiazole rings is 1. The molecule has 1 aliphatic heterocycles. The van der Waals surface area contributed by atoms with Crippen LogP contribution < -0.4 is 15.2 Å². The fourth-order valence-electron chi connectivity index (χ4n) is 4.86. The summed E-state index contributed by atoms with van der Waals surface area (Å²) in [5, 5.41) is 12.4. The van der Waals surface area contributed by atoms with E-state index in [9.17, 15) is 9.90 Å². The molecule has 172 valence electrons. The van der Waals surface area contributed by atoms with Crippen molar-refractivity contribution in [3.63, 3.8) is 0 Å². The third-order valence-corrected chi connectivity index (χ3v) is 7.82. The second kappa shape index (κ2) is 8.89. The quantitative estimate of drug-likeness (QED) is 0.421. The van der Waals surface area contributed by atoms with Gasteiger partial charge in [0.05, 0.1) is 33.8 Å². The van der Waals surface area contributed by atoms with E-state index in [1.165, 1.54) is 21.1 Å². The number of benzene rings is 2. The first kappa shape index (κ1) is 22.1. The minimum absolute atomic E-state index is 0.0655. The predicted molar refractivity (Wildman–Crippen MR) is 133 cm³/mol. The van der Waals surface area contributed by atoms with Crippen molar-refractivity contribution in [1.29, 1.82) is 0 Å². The Labute approximate surface area is 197 Å². The molecule has 0 bridgehead atoms. The standard InChI is InChI=1S/C26H29N3O3S/c1-4-7-17-14-18-24(31)22(26-27-20-8-5-6-9-21(20)33-26)16(2)32-25(18)19(23(17)30)15-29-12-10-28(3)11-13-29/h5-6,8-9,14,30H,4,7,10-13,15H2,1-3H3/p+2. The molecule has 3 heterocycles. The zero-order valence-electron chi connectivity index (χ0n) is 19.5.